The Labute approximate surface area is 172 Å². The molecule has 1 unspecified atom stereocenters. The van der Waals surface area contributed by atoms with Crippen molar-refractivity contribution in [3.63, 3.8) is 0 Å². The summed E-state index contributed by atoms with van der Waals surface area (Å²) in [6.45, 7) is 4.58. The normalized spacial score (nSPS) is 13.7. The maximum atomic E-state index is 11.9. The van der Waals surface area contributed by atoms with E-state index in [1.165, 1.54) is 0 Å². The molecule has 0 aliphatic carbocycles. The Morgan fingerprint density at radius 1 is 0.679 bits per heavy atom. The van der Waals surface area contributed by atoms with Crippen molar-refractivity contribution in [1.29, 1.82) is 0 Å². The molecule has 0 saturated heterocycles. The van der Waals surface area contributed by atoms with Crippen LogP contribution in [0.5, 0.6) is 0 Å². The quantitative estimate of drug-likeness (QED) is 0.287. The molecule has 28 heavy (non-hydrogen) atoms. The van der Waals surface area contributed by atoms with Crippen LogP contribution in [-0.2, 0) is 29.1 Å². The summed E-state index contributed by atoms with van der Waals surface area (Å²) in [5, 5.41) is 9.79. The third-order valence-corrected chi connectivity index (χ3v) is 7.79. The van der Waals surface area contributed by atoms with Gasteiger partial charge in [-0.2, -0.15) is 0 Å². The van der Waals surface area contributed by atoms with Crippen LogP contribution in [0.2, 0.25) is 0 Å². The largest absolute Gasteiger partial charge is 0.390 e. The molecule has 0 spiro atoms. The van der Waals surface area contributed by atoms with Crippen LogP contribution < -0.4 is 0 Å². The van der Waals surface area contributed by atoms with Crippen LogP contribution in [0.3, 0.4) is 0 Å². The van der Waals surface area contributed by atoms with Gasteiger partial charge in [0.25, 0.3) is 0 Å². The molecule has 0 bridgehead atoms. The minimum Gasteiger partial charge on any atom is -0.390 e. The highest BCUT2D eigenvalue weighted by Gasteiger charge is 2.17. The zero-order chi connectivity index (χ0) is 21.3. The van der Waals surface area contributed by atoms with Crippen LogP contribution >= 0.6 is 0 Å². The molecule has 0 fully saturated rings. The van der Waals surface area contributed by atoms with Crippen LogP contribution in [0.15, 0.2) is 0 Å². The van der Waals surface area contributed by atoms with E-state index in [2.05, 4.69) is 13.8 Å². The number of hydrogen-bond donors (Lipinski definition) is 1. The fourth-order valence-electron chi connectivity index (χ4n) is 2.65. The van der Waals surface area contributed by atoms with E-state index in [0.29, 0.717) is 12.8 Å². The van der Waals surface area contributed by atoms with Gasteiger partial charge in [0, 0.05) is 0 Å². The molecule has 1 N–H and O–H groups in total. The Hall–Kier alpha value is -0.220. The summed E-state index contributed by atoms with van der Waals surface area (Å²) in [6, 6.07) is 0. The van der Waals surface area contributed by atoms with Gasteiger partial charge in [0.1, 0.15) is 0 Å². The molecule has 0 aromatic carbocycles. The monoisotopic (exact) mass is 444 g/mol. The van der Waals surface area contributed by atoms with Crippen LogP contribution in [0.1, 0.15) is 65.2 Å². The molecule has 0 rings (SSSR count). The number of sulfone groups is 2. The van der Waals surface area contributed by atoms with Gasteiger partial charge >= 0.3 is 0 Å². The average molecular weight is 445 g/mol. The highest BCUT2D eigenvalue weighted by Crippen LogP contribution is 2.05. The van der Waals surface area contributed by atoms with E-state index in [1.54, 1.807) is 0 Å². The first-order chi connectivity index (χ1) is 13.2. The molecule has 170 valence electrons. The number of ether oxygens (including phenoxy) is 2. The van der Waals surface area contributed by atoms with Crippen molar-refractivity contribution in [3.8, 4) is 0 Å². The predicted octanol–water partition coefficient (Wildman–Crippen LogP) is 2.37. The van der Waals surface area contributed by atoms with Crippen molar-refractivity contribution in [2.45, 2.75) is 71.3 Å². The number of aliphatic hydroxyl groups is 1. The lowest BCUT2D eigenvalue weighted by molar-refractivity contribution is 0.0133. The molecule has 0 heterocycles. The summed E-state index contributed by atoms with van der Waals surface area (Å²) in [6.07, 6.45) is 6.26. The van der Waals surface area contributed by atoms with Crippen LogP contribution in [-0.4, -0.2) is 77.5 Å². The molecule has 9 heteroatoms. The molecular weight excluding hydrogens is 404 g/mol. The Morgan fingerprint density at radius 3 is 1.79 bits per heavy atom. The Morgan fingerprint density at radius 2 is 1.21 bits per heavy atom. The Kier molecular flexibility index (Phi) is 16.4. The molecular formula is C19H40O7S2. The van der Waals surface area contributed by atoms with Gasteiger partial charge < -0.3 is 14.6 Å². The molecule has 0 aliphatic heterocycles. The van der Waals surface area contributed by atoms with Gasteiger partial charge in [0.2, 0.25) is 0 Å². The molecule has 7 nitrogen and oxygen atoms in total. The van der Waals surface area contributed by atoms with Gasteiger partial charge in [-0.25, -0.2) is 16.8 Å². The van der Waals surface area contributed by atoms with Crippen molar-refractivity contribution < 1.29 is 31.4 Å². The lowest BCUT2D eigenvalue weighted by Gasteiger charge is -2.12. The predicted molar refractivity (Wildman–Crippen MR) is 113 cm³/mol. The van der Waals surface area contributed by atoms with E-state index in [-0.39, 0.29) is 49.4 Å². The summed E-state index contributed by atoms with van der Waals surface area (Å²) in [5.74, 6) is 0.000339. The van der Waals surface area contributed by atoms with Crippen LogP contribution in [0.25, 0.3) is 0 Å². The summed E-state index contributed by atoms with van der Waals surface area (Å²) in [5.41, 5.74) is 0. The van der Waals surface area contributed by atoms with Crippen molar-refractivity contribution in [2.24, 2.45) is 0 Å². The van der Waals surface area contributed by atoms with Crippen molar-refractivity contribution in [1.82, 2.24) is 0 Å². The Bertz CT molecular complexity index is 559. The molecule has 0 aromatic heterocycles. The average Bonchev–Trinajstić information content (AvgIpc) is 2.61. The first kappa shape index (κ1) is 27.8. The zero-order valence-corrected chi connectivity index (χ0v) is 19.2. The smallest absolute Gasteiger partial charge is 0.152 e. The number of rotatable bonds is 20. The SMILES string of the molecule is CCCCCCS(=O)(=O)CCOCCOCC(O)CS(=O)(=O)CCCCCC. The van der Waals surface area contributed by atoms with Gasteiger partial charge in [-0.15, -0.1) is 0 Å². The van der Waals surface area contributed by atoms with Gasteiger partial charge in [0.05, 0.1) is 55.5 Å². The van der Waals surface area contributed by atoms with E-state index in [0.717, 1.165) is 38.5 Å². The molecule has 0 aliphatic rings. The third-order valence-electron chi connectivity index (χ3n) is 4.29. The fraction of sp³-hybridized carbons (Fsp3) is 1.00. The maximum Gasteiger partial charge on any atom is 0.152 e. The number of unbranched alkanes of at least 4 members (excludes halogenated alkanes) is 6. The minimum absolute atomic E-state index is 0.00196. The second kappa shape index (κ2) is 16.6. The summed E-state index contributed by atoms with van der Waals surface area (Å²) in [4.78, 5) is 0. The van der Waals surface area contributed by atoms with Gasteiger partial charge in [-0.1, -0.05) is 52.4 Å². The van der Waals surface area contributed by atoms with Gasteiger partial charge in [0.15, 0.2) is 19.7 Å². The van der Waals surface area contributed by atoms with Crippen molar-refractivity contribution in [3.05, 3.63) is 0 Å². The second-order valence-corrected chi connectivity index (χ2v) is 11.8. The molecule has 0 amide bonds. The molecule has 0 aromatic rings. The van der Waals surface area contributed by atoms with Gasteiger partial charge in [-0.05, 0) is 12.8 Å². The van der Waals surface area contributed by atoms with Gasteiger partial charge in [-0.3, -0.25) is 0 Å². The first-order valence-corrected chi connectivity index (χ1v) is 14.1. The third kappa shape index (κ3) is 17.8. The number of aliphatic hydroxyl groups excluding tert-OH is 1. The highest BCUT2D eigenvalue weighted by molar-refractivity contribution is 7.91. The van der Waals surface area contributed by atoms with Crippen molar-refractivity contribution in [2.75, 3.05) is 49.4 Å². The van der Waals surface area contributed by atoms with Crippen LogP contribution in [0, 0.1) is 0 Å². The summed E-state index contributed by atoms with van der Waals surface area (Å²) < 4.78 is 57.9. The standard InChI is InChI=1S/C19H40O7S2/c1-3-5-7-9-14-27(21,22)16-13-25-11-12-26-17-19(20)18-28(23,24)15-10-8-6-4-2/h19-20H,3-18H2,1-2H3. The topological polar surface area (TPSA) is 107 Å². The first-order valence-electron chi connectivity index (χ1n) is 10.5. The van der Waals surface area contributed by atoms with Crippen molar-refractivity contribution >= 4 is 19.7 Å². The second-order valence-electron chi connectivity index (χ2n) is 7.23. The fourth-order valence-corrected chi connectivity index (χ4v) is 5.36. The zero-order valence-electron chi connectivity index (χ0n) is 17.6. The Balaban J connectivity index is 3.71. The summed E-state index contributed by atoms with van der Waals surface area (Å²) in [7, 11) is -6.34. The molecule has 1 atom stereocenters. The molecule has 0 saturated carbocycles. The maximum absolute atomic E-state index is 11.9. The van der Waals surface area contributed by atoms with E-state index in [9.17, 15) is 21.9 Å². The number of hydrogen-bond acceptors (Lipinski definition) is 7. The van der Waals surface area contributed by atoms with E-state index in [4.69, 9.17) is 9.47 Å². The minimum atomic E-state index is -3.27. The molecule has 0 radical (unpaired) electrons. The highest BCUT2D eigenvalue weighted by atomic mass is 32.2. The van der Waals surface area contributed by atoms with E-state index >= 15 is 0 Å². The lowest BCUT2D eigenvalue weighted by Crippen LogP contribution is -2.28. The van der Waals surface area contributed by atoms with E-state index < -0.39 is 25.8 Å². The van der Waals surface area contributed by atoms with Crippen LogP contribution in [0.4, 0.5) is 0 Å². The summed E-state index contributed by atoms with van der Waals surface area (Å²) >= 11 is 0. The van der Waals surface area contributed by atoms with E-state index in [1.807, 2.05) is 0 Å². The lowest BCUT2D eigenvalue weighted by atomic mass is 10.2.